The van der Waals surface area contributed by atoms with E-state index in [0.29, 0.717) is 17.4 Å². The summed E-state index contributed by atoms with van der Waals surface area (Å²) >= 11 is 3.52. The van der Waals surface area contributed by atoms with Gasteiger partial charge >= 0.3 is 0 Å². The Hall–Kier alpha value is -0.610. The summed E-state index contributed by atoms with van der Waals surface area (Å²) in [6.45, 7) is 4.91. The third kappa shape index (κ3) is 5.04. The van der Waals surface area contributed by atoms with Crippen LogP contribution in [0.1, 0.15) is 25.8 Å². The van der Waals surface area contributed by atoms with Gasteiger partial charge in [-0.15, -0.1) is 0 Å². The molecule has 2 atom stereocenters. The molecule has 0 aliphatic heterocycles. The lowest BCUT2D eigenvalue weighted by atomic mass is 10.1. The van der Waals surface area contributed by atoms with E-state index in [1.807, 2.05) is 6.07 Å². The van der Waals surface area contributed by atoms with E-state index in [1.54, 1.807) is 6.07 Å². The zero-order chi connectivity index (χ0) is 12.8. The predicted molar refractivity (Wildman–Crippen MR) is 72.3 cm³/mol. The highest BCUT2D eigenvalue weighted by Crippen LogP contribution is 2.17. The molecule has 96 valence electrons. The van der Waals surface area contributed by atoms with Gasteiger partial charge < -0.3 is 10.1 Å². The fourth-order valence-corrected chi connectivity index (χ4v) is 2.24. The number of hydrogen-bond donors (Lipinski definition) is 1. The Morgan fingerprint density at radius 2 is 2.12 bits per heavy atom. The molecule has 1 aromatic carbocycles. The molecule has 17 heavy (non-hydrogen) atoms. The number of halogens is 2. The molecule has 1 rings (SSSR count). The molecule has 0 aliphatic carbocycles. The van der Waals surface area contributed by atoms with Gasteiger partial charge in [-0.3, -0.25) is 0 Å². The Morgan fingerprint density at radius 1 is 1.41 bits per heavy atom. The predicted octanol–water partition coefficient (Wildman–Crippen LogP) is 3.49. The monoisotopic (exact) mass is 303 g/mol. The first-order valence-electron chi connectivity index (χ1n) is 5.72. The van der Waals surface area contributed by atoms with Gasteiger partial charge in [-0.05, 0) is 31.0 Å². The average molecular weight is 304 g/mol. The van der Waals surface area contributed by atoms with E-state index in [4.69, 9.17) is 4.74 Å². The SMILES string of the molecule is COc1ccc(CNC(C)CC(C)Br)cc1F. The van der Waals surface area contributed by atoms with Crippen LogP contribution in [0.2, 0.25) is 0 Å². The number of hydrogen-bond acceptors (Lipinski definition) is 2. The first-order valence-corrected chi connectivity index (χ1v) is 6.64. The topological polar surface area (TPSA) is 21.3 Å². The standard InChI is InChI=1S/C13H19BrFNO/c1-9(14)6-10(2)16-8-11-4-5-13(17-3)12(15)7-11/h4-5,7,9-10,16H,6,8H2,1-3H3. The van der Waals surface area contributed by atoms with Crippen LogP contribution in [0.3, 0.4) is 0 Å². The lowest BCUT2D eigenvalue weighted by Gasteiger charge is -2.15. The van der Waals surface area contributed by atoms with E-state index < -0.39 is 0 Å². The van der Waals surface area contributed by atoms with E-state index in [2.05, 4.69) is 35.1 Å². The molecule has 1 aromatic rings. The molecule has 0 saturated heterocycles. The van der Waals surface area contributed by atoms with Gasteiger partial charge in [-0.1, -0.05) is 28.9 Å². The molecular formula is C13H19BrFNO. The summed E-state index contributed by atoms with van der Waals surface area (Å²) in [5.74, 6) is -0.0239. The van der Waals surface area contributed by atoms with Crippen LogP contribution in [-0.2, 0) is 6.54 Å². The first-order chi connectivity index (χ1) is 8.02. The molecule has 0 radical (unpaired) electrons. The molecule has 0 amide bonds. The number of methoxy groups -OCH3 is 1. The molecule has 4 heteroatoms. The summed E-state index contributed by atoms with van der Waals surface area (Å²) in [7, 11) is 1.47. The van der Waals surface area contributed by atoms with Crippen LogP contribution < -0.4 is 10.1 Å². The van der Waals surface area contributed by atoms with Crippen molar-refractivity contribution in [2.75, 3.05) is 7.11 Å². The lowest BCUT2D eigenvalue weighted by molar-refractivity contribution is 0.386. The van der Waals surface area contributed by atoms with Crippen LogP contribution in [0.4, 0.5) is 4.39 Å². The Balaban J connectivity index is 2.49. The van der Waals surface area contributed by atoms with Crippen LogP contribution >= 0.6 is 15.9 Å². The van der Waals surface area contributed by atoms with Crippen LogP contribution in [0.15, 0.2) is 18.2 Å². The highest BCUT2D eigenvalue weighted by atomic mass is 79.9. The second-order valence-electron chi connectivity index (χ2n) is 4.27. The van der Waals surface area contributed by atoms with E-state index >= 15 is 0 Å². The van der Waals surface area contributed by atoms with Crippen molar-refractivity contribution in [2.45, 2.75) is 37.7 Å². The van der Waals surface area contributed by atoms with Gasteiger partial charge in [0.15, 0.2) is 11.6 Å². The molecule has 0 aliphatic rings. The van der Waals surface area contributed by atoms with Crippen molar-refractivity contribution < 1.29 is 9.13 Å². The van der Waals surface area contributed by atoms with Gasteiger partial charge in [0.05, 0.1) is 7.11 Å². The number of rotatable bonds is 6. The van der Waals surface area contributed by atoms with E-state index in [1.165, 1.54) is 13.2 Å². The Morgan fingerprint density at radius 3 is 2.65 bits per heavy atom. The maximum absolute atomic E-state index is 13.4. The zero-order valence-electron chi connectivity index (χ0n) is 10.5. The van der Waals surface area contributed by atoms with E-state index in [0.717, 1.165) is 12.0 Å². The summed E-state index contributed by atoms with van der Waals surface area (Å²) in [4.78, 5) is 0.484. The van der Waals surface area contributed by atoms with Gasteiger partial charge in [0.25, 0.3) is 0 Å². The van der Waals surface area contributed by atoms with Crippen LogP contribution in [-0.4, -0.2) is 18.0 Å². The van der Waals surface area contributed by atoms with Crippen LogP contribution in [0, 0.1) is 5.82 Å². The van der Waals surface area contributed by atoms with Crippen molar-refractivity contribution in [3.8, 4) is 5.75 Å². The quantitative estimate of drug-likeness (QED) is 0.812. The Labute approximate surface area is 111 Å². The van der Waals surface area contributed by atoms with Crippen LogP contribution in [0.25, 0.3) is 0 Å². The molecule has 2 nitrogen and oxygen atoms in total. The summed E-state index contributed by atoms with van der Waals surface area (Å²) < 4.78 is 18.3. The van der Waals surface area contributed by atoms with Gasteiger partial charge in [-0.2, -0.15) is 0 Å². The van der Waals surface area contributed by atoms with Gasteiger partial charge in [0, 0.05) is 17.4 Å². The Bertz CT molecular complexity index is 357. The zero-order valence-corrected chi connectivity index (χ0v) is 12.1. The maximum atomic E-state index is 13.4. The minimum Gasteiger partial charge on any atom is -0.494 e. The van der Waals surface area contributed by atoms with Gasteiger partial charge in [0.2, 0.25) is 0 Å². The molecule has 0 saturated carbocycles. The fourth-order valence-electron chi connectivity index (χ4n) is 1.68. The summed E-state index contributed by atoms with van der Waals surface area (Å²) in [5, 5.41) is 3.36. The number of benzene rings is 1. The van der Waals surface area contributed by atoms with Crippen molar-refractivity contribution in [1.82, 2.24) is 5.32 Å². The summed E-state index contributed by atoms with van der Waals surface area (Å²) in [6, 6.07) is 5.44. The van der Waals surface area contributed by atoms with Crippen LogP contribution in [0.5, 0.6) is 5.75 Å². The normalized spacial score (nSPS) is 14.4. The number of nitrogens with one attached hydrogen (secondary N) is 1. The van der Waals surface area contributed by atoms with Gasteiger partial charge in [-0.25, -0.2) is 4.39 Å². The smallest absolute Gasteiger partial charge is 0.165 e. The lowest BCUT2D eigenvalue weighted by Crippen LogP contribution is -2.27. The molecule has 2 unspecified atom stereocenters. The van der Waals surface area contributed by atoms with Gasteiger partial charge in [0.1, 0.15) is 0 Å². The first kappa shape index (κ1) is 14.5. The largest absolute Gasteiger partial charge is 0.494 e. The van der Waals surface area contributed by atoms with E-state index in [9.17, 15) is 4.39 Å². The molecule has 0 aromatic heterocycles. The number of alkyl halides is 1. The Kier molecular flexibility index (Phi) is 5.92. The van der Waals surface area contributed by atoms with Crippen molar-refractivity contribution in [1.29, 1.82) is 0 Å². The molecule has 1 N–H and O–H groups in total. The minimum atomic E-state index is -0.312. The molecule has 0 heterocycles. The third-order valence-corrected chi connectivity index (χ3v) is 2.92. The average Bonchev–Trinajstić information content (AvgIpc) is 2.25. The third-order valence-electron chi connectivity index (χ3n) is 2.55. The maximum Gasteiger partial charge on any atom is 0.165 e. The molecular weight excluding hydrogens is 285 g/mol. The second kappa shape index (κ2) is 6.97. The fraction of sp³-hybridized carbons (Fsp3) is 0.538. The number of ether oxygens (including phenoxy) is 1. The highest BCUT2D eigenvalue weighted by molar-refractivity contribution is 9.09. The molecule has 0 bridgehead atoms. The summed E-state index contributed by atoms with van der Waals surface area (Å²) in [5.41, 5.74) is 0.928. The minimum absolute atomic E-state index is 0.288. The van der Waals surface area contributed by atoms with Crippen molar-refractivity contribution in [3.63, 3.8) is 0 Å². The van der Waals surface area contributed by atoms with E-state index in [-0.39, 0.29) is 11.6 Å². The van der Waals surface area contributed by atoms with Crippen molar-refractivity contribution in [2.24, 2.45) is 0 Å². The van der Waals surface area contributed by atoms with Crippen molar-refractivity contribution in [3.05, 3.63) is 29.6 Å². The molecule has 0 fully saturated rings. The van der Waals surface area contributed by atoms with Crippen molar-refractivity contribution >= 4 is 15.9 Å². The molecule has 0 spiro atoms. The second-order valence-corrected chi connectivity index (χ2v) is 5.83. The summed E-state index contributed by atoms with van der Waals surface area (Å²) in [6.07, 6.45) is 1.04. The highest BCUT2D eigenvalue weighted by Gasteiger charge is 2.07.